The van der Waals surface area contributed by atoms with E-state index in [-0.39, 0.29) is 5.78 Å². The van der Waals surface area contributed by atoms with Gasteiger partial charge in [-0.3, -0.25) is 9.69 Å². The lowest BCUT2D eigenvalue weighted by Gasteiger charge is -2.19. The molecule has 156 valence electrons. The topological polar surface area (TPSA) is 46.3 Å². The molecule has 3 nitrogen and oxygen atoms in total. The van der Waals surface area contributed by atoms with E-state index in [0.717, 1.165) is 22.5 Å². The molecule has 4 aromatic rings. The van der Waals surface area contributed by atoms with Crippen LogP contribution in [0.3, 0.4) is 0 Å². The molecule has 2 N–H and O–H groups in total. The Kier molecular flexibility index (Phi) is 6.52. The van der Waals surface area contributed by atoms with Gasteiger partial charge in [0.1, 0.15) is 0 Å². The third-order valence-corrected chi connectivity index (χ3v) is 6.49. The van der Waals surface area contributed by atoms with Gasteiger partial charge in [0.15, 0.2) is 5.78 Å². The molecule has 0 saturated heterocycles. The van der Waals surface area contributed by atoms with Crippen LogP contribution in [-0.2, 0) is 13.1 Å². The number of halogens is 1. The second-order valence-electron chi connectivity index (χ2n) is 7.51. The first kappa shape index (κ1) is 21.3. The maximum absolute atomic E-state index is 13.4. The van der Waals surface area contributed by atoms with Crippen LogP contribution in [0.5, 0.6) is 0 Å². The number of anilines is 1. The molecule has 31 heavy (non-hydrogen) atoms. The summed E-state index contributed by atoms with van der Waals surface area (Å²) in [6.07, 6.45) is 0. The zero-order valence-electron chi connectivity index (χ0n) is 17.2. The van der Waals surface area contributed by atoms with Gasteiger partial charge in [0.25, 0.3) is 0 Å². The number of benzene rings is 3. The Bertz CT molecular complexity index is 1170. The standard InChI is InChI=1S/C26H23ClN2OS/c1-29(16-18-8-4-2-5-9-18)17-22-23(24(30)19-12-14-21(27)15-13-19)26(28)31-25(22)20-10-6-3-7-11-20/h2-15H,16-17,28H2,1H3. The second-order valence-corrected chi connectivity index (χ2v) is 9.00. The lowest BCUT2D eigenvalue weighted by molar-refractivity contribution is 0.103. The molecule has 5 heteroatoms. The summed E-state index contributed by atoms with van der Waals surface area (Å²) in [5, 5.41) is 1.14. The van der Waals surface area contributed by atoms with E-state index in [0.29, 0.717) is 27.7 Å². The molecular formula is C26H23ClN2OS. The van der Waals surface area contributed by atoms with Crippen LogP contribution in [-0.4, -0.2) is 17.7 Å². The van der Waals surface area contributed by atoms with E-state index in [1.165, 1.54) is 16.9 Å². The predicted molar refractivity (Wildman–Crippen MR) is 131 cm³/mol. The summed E-state index contributed by atoms with van der Waals surface area (Å²) in [5.41, 5.74) is 10.9. The molecule has 0 amide bonds. The highest BCUT2D eigenvalue weighted by molar-refractivity contribution is 7.20. The van der Waals surface area contributed by atoms with Crippen molar-refractivity contribution in [3.8, 4) is 10.4 Å². The molecule has 1 aromatic heterocycles. The van der Waals surface area contributed by atoms with Crippen LogP contribution in [0.25, 0.3) is 10.4 Å². The van der Waals surface area contributed by atoms with E-state index < -0.39 is 0 Å². The van der Waals surface area contributed by atoms with Gasteiger partial charge in [-0.2, -0.15) is 0 Å². The summed E-state index contributed by atoms with van der Waals surface area (Å²) in [4.78, 5) is 16.7. The number of hydrogen-bond donors (Lipinski definition) is 1. The van der Waals surface area contributed by atoms with Gasteiger partial charge in [0.2, 0.25) is 0 Å². The number of thiophene rings is 1. The molecular weight excluding hydrogens is 424 g/mol. The maximum atomic E-state index is 13.4. The molecule has 1 heterocycles. The fourth-order valence-corrected chi connectivity index (χ4v) is 4.88. The van der Waals surface area contributed by atoms with Gasteiger partial charge < -0.3 is 5.73 Å². The fraction of sp³-hybridized carbons (Fsp3) is 0.115. The number of carbonyl (C=O) groups excluding carboxylic acids is 1. The summed E-state index contributed by atoms with van der Waals surface area (Å²) < 4.78 is 0. The first-order valence-electron chi connectivity index (χ1n) is 10.0. The van der Waals surface area contributed by atoms with Crippen LogP contribution < -0.4 is 5.73 Å². The van der Waals surface area contributed by atoms with E-state index in [1.807, 2.05) is 36.4 Å². The Morgan fingerprint density at radius 3 is 2.16 bits per heavy atom. The average molecular weight is 447 g/mol. The normalized spacial score (nSPS) is 11.1. The molecule has 0 aliphatic heterocycles. The van der Waals surface area contributed by atoms with E-state index in [2.05, 4.69) is 36.2 Å². The van der Waals surface area contributed by atoms with Crippen molar-refractivity contribution in [3.63, 3.8) is 0 Å². The van der Waals surface area contributed by atoms with Crippen molar-refractivity contribution in [3.05, 3.63) is 112 Å². The fourth-order valence-electron chi connectivity index (χ4n) is 3.67. The van der Waals surface area contributed by atoms with Crippen LogP contribution in [0.15, 0.2) is 84.9 Å². The molecule has 4 rings (SSSR count). The quantitative estimate of drug-likeness (QED) is 0.329. The van der Waals surface area contributed by atoms with Gasteiger partial charge in [0, 0.05) is 28.6 Å². The monoisotopic (exact) mass is 446 g/mol. The number of carbonyl (C=O) groups is 1. The van der Waals surface area contributed by atoms with Crippen molar-refractivity contribution in [2.75, 3.05) is 12.8 Å². The summed E-state index contributed by atoms with van der Waals surface area (Å²) in [6.45, 7) is 1.39. The molecule has 0 bridgehead atoms. The average Bonchev–Trinajstić information content (AvgIpc) is 3.10. The first-order chi connectivity index (χ1) is 15.0. The van der Waals surface area contributed by atoms with Crippen LogP contribution >= 0.6 is 22.9 Å². The van der Waals surface area contributed by atoms with Crippen LogP contribution in [0, 0.1) is 0 Å². The number of hydrogen-bond acceptors (Lipinski definition) is 4. The lowest BCUT2D eigenvalue weighted by atomic mass is 9.97. The van der Waals surface area contributed by atoms with E-state index in [4.69, 9.17) is 17.3 Å². The van der Waals surface area contributed by atoms with Gasteiger partial charge >= 0.3 is 0 Å². The number of nitrogens with two attached hydrogens (primary N) is 1. The predicted octanol–water partition coefficient (Wildman–Crippen LogP) is 6.51. The Hall–Kier alpha value is -2.92. The molecule has 0 atom stereocenters. The molecule has 0 radical (unpaired) electrons. The van der Waals surface area contributed by atoms with E-state index >= 15 is 0 Å². The van der Waals surface area contributed by atoms with Crippen molar-refractivity contribution in [2.24, 2.45) is 0 Å². The first-order valence-corrected chi connectivity index (χ1v) is 11.2. The summed E-state index contributed by atoms with van der Waals surface area (Å²) in [7, 11) is 2.06. The maximum Gasteiger partial charge on any atom is 0.196 e. The smallest absolute Gasteiger partial charge is 0.196 e. The van der Waals surface area contributed by atoms with Crippen molar-refractivity contribution < 1.29 is 4.79 Å². The minimum atomic E-state index is -0.0734. The number of rotatable bonds is 7. The molecule has 0 fully saturated rings. The van der Waals surface area contributed by atoms with Crippen molar-refractivity contribution in [2.45, 2.75) is 13.1 Å². The largest absolute Gasteiger partial charge is 0.390 e. The van der Waals surface area contributed by atoms with Crippen molar-refractivity contribution >= 4 is 33.7 Å². The van der Waals surface area contributed by atoms with Gasteiger partial charge in [-0.05, 0) is 48.0 Å². The minimum Gasteiger partial charge on any atom is -0.390 e. The lowest BCUT2D eigenvalue weighted by Crippen LogP contribution is -2.19. The van der Waals surface area contributed by atoms with Crippen molar-refractivity contribution in [1.82, 2.24) is 4.90 Å². The zero-order chi connectivity index (χ0) is 21.8. The summed E-state index contributed by atoms with van der Waals surface area (Å²) >= 11 is 7.49. The summed E-state index contributed by atoms with van der Waals surface area (Å²) in [6, 6.07) is 27.4. The SMILES string of the molecule is CN(Cc1ccccc1)Cc1c(-c2ccccc2)sc(N)c1C(=O)c1ccc(Cl)cc1. The van der Waals surface area contributed by atoms with Gasteiger partial charge in [-0.1, -0.05) is 72.3 Å². The van der Waals surface area contributed by atoms with E-state index in [9.17, 15) is 4.79 Å². The van der Waals surface area contributed by atoms with Crippen LogP contribution in [0.4, 0.5) is 5.00 Å². The van der Waals surface area contributed by atoms with Gasteiger partial charge in [-0.15, -0.1) is 11.3 Å². The van der Waals surface area contributed by atoms with Crippen LogP contribution in [0.2, 0.25) is 5.02 Å². The third-order valence-electron chi connectivity index (χ3n) is 5.13. The van der Waals surface area contributed by atoms with Crippen molar-refractivity contribution in [1.29, 1.82) is 0 Å². The third kappa shape index (κ3) is 4.88. The van der Waals surface area contributed by atoms with Gasteiger partial charge in [-0.25, -0.2) is 0 Å². The summed E-state index contributed by atoms with van der Waals surface area (Å²) in [5.74, 6) is -0.0734. The number of nitrogens with zero attached hydrogens (tertiary/aromatic N) is 1. The molecule has 0 unspecified atom stereocenters. The molecule has 0 aliphatic carbocycles. The molecule has 0 saturated carbocycles. The van der Waals surface area contributed by atoms with Gasteiger partial charge in [0.05, 0.1) is 10.6 Å². The van der Waals surface area contributed by atoms with E-state index in [1.54, 1.807) is 24.3 Å². The second kappa shape index (κ2) is 9.48. The Balaban J connectivity index is 1.74. The van der Waals surface area contributed by atoms with Crippen LogP contribution in [0.1, 0.15) is 27.0 Å². The highest BCUT2D eigenvalue weighted by Gasteiger charge is 2.25. The Morgan fingerprint density at radius 1 is 0.903 bits per heavy atom. The number of nitrogen functional groups attached to an aromatic ring is 1. The molecule has 0 spiro atoms. The minimum absolute atomic E-state index is 0.0734. The Labute approximate surface area is 191 Å². The number of ketones is 1. The zero-order valence-corrected chi connectivity index (χ0v) is 18.8. The molecule has 0 aliphatic rings. The Morgan fingerprint density at radius 2 is 1.52 bits per heavy atom. The highest BCUT2D eigenvalue weighted by atomic mass is 35.5. The molecule has 3 aromatic carbocycles. The highest BCUT2D eigenvalue weighted by Crippen LogP contribution is 2.40.